The minimum atomic E-state index is -0.183. The summed E-state index contributed by atoms with van der Waals surface area (Å²) in [6, 6.07) is -0.168. The summed E-state index contributed by atoms with van der Waals surface area (Å²) in [5.74, 6) is 0.286. The van der Waals surface area contributed by atoms with Gasteiger partial charge in [-0.25, -0.2) is 0 Å². The van der Waals surface area contributed by atoms with Crippen molar-refractivity contribution in [2.45, 2.75) is 58.2 Å². The summed E-state index contributed by atoms with van der Waals surface area (Å²) in [5.41, 5.74) is 0. The first-order valence-corrected chi connectivity index (χ1v) is 7.86. The van der Waals surface area contributed by atoms with Crippen LogP contribution in [0.4, 0.5) is 0 Å². The van der Waals surface area contributed by atoms with Crippen LogP contribution in [0, 0.1) is 16.7 Å². The zero-order valence-electron chi connectivity index (χ0n) is 13.6. The van der Waals surface area contributed by atoms with Crippen LogP contribution in [0.1, 0.15) is 40.0 Å². The van der Waals surface area contributed by atoms with Crippen LogP contribution in [0.15, 0.2) is 0 Å². The van der Waals surface area contributed by atoms with Crippen LogP contribution >= 0.6 is 0 Å². The third-order valence-corrected chi connectivity index (χ3v) is 3.70. The van der Waals surface area contributed by atoms with Gasteiger partial charge in [0.25, 0.3) is 0 Å². The van der Waals surface area contributed by atoms with E-state index < -0.39 is 0 Å². The van der Waals surface area contributed by atoms with E-state index in [2.05, 4.69) is 15.4 Å². The molecule has 0 aromatic carbocycles. The lowest BCUT2D eigenvalue weighted by Crippen LogP contribution is -2.52. The van der Waals surface area contributed by atoms with Crippen molar-refractivity contribution in [2.75, 3.05) is 13.2 Å². The minimum absolute atomic E-state index is 0.0153. The molecule has 1 aliphatic heterocycles. The van der Waals surface area contributed by atoms with Crippen LogP contribution < -0.4 is 10.6 Å². The average molecular weight is 312 g/mol. The summed E-state index contributed by atoms with van der Waals surface area (Å²) in [6.45, 7) is 7.24. The molecule has 0 saturated carbocycles. The maximum Gasteiger partial charge on any atom is 0.237 e. The van der Waals surface area contributed by atoms with Gasteiger partial charge in [0.1, 0.15) is 0 Å². The van der Waals surface area contributed by atoms with Crippen molar-refractivity contribution in [1.29, 1.82) is 10.8 Å². The number of hydrogen-bond donors (Lipinski definition) is 4. The molecule has 0 aromatic heterocycles. The Labute approximate surface area is 132 Å². The first kappa shape index (κ1) is 18.6. The molecule has 22 heavy (non-hydrogen) atoms. The zero-order chi connectivity index (χ0) is 16.5. The Hall–Kier alpha value is -1.47. The maximum absolute atomic E-state index is 12.3. The molecule has 1 amide bonds. The predicted molar refractivity (Wildman–Crippen MR) is 85.4 cm³/mol. The lowest BCUT2D eigenvalue weighted by Gasteiger charge is -2.31. The highest BCUT2D eigenvalue weighted by Gasteiger charge is 2.27. The van der Waals surface area contributed by atoms with Gasteiger partial charge in [-0.2, -0.15) is 0 Å². The van der Waals surface area contributed by atoms with E-state index in [4.69, 9.17) is 15.6 Å². The van der Waals surface area contributed by atoms with Crippen molar-refractivity contribution in [1.82, 2.24) is 10.6 Å². The predicted octanol–water partition coefficient (Wildman–Crippen LogP) is 1.28. The molecule has 0 aromatic rings. The fourth-order valence-corrected chi connectivity index (χ4v) is 2.55. The van der Waals surface area contributed by atoms with E-state index in [9.17, 15) is 4.79 Å². The van der Waals surface area contributed by atoms with Crippen LogP contribution in [0.5, 0.6) is 0 Å². The van der Waals surface area contributed by atoms with Crippen LogP contribution in [0.2, 0.25) is 0 Å². The highest BCUT2D eigenvalue weighted by Crippen LogP contribution is 2.17. The highest BCUT2D eigenvalue weighted by molar-refractivity contribution is 5.82. The van der Waals surface area contributed by atoms with E-state index in [1.165, 1.54) is 0 Å². The summed E-state index contributed by atoms with van der Waals surface area (Å²) in [4.78, 5) is 12.3. The fourth-order valence-electron chi connectivity index (χ4n) is 2.55. The average Bonchev–Trinajstić information content (AvgIpc) is 2.46. The van der Waals surface area contributed by atoms with Gasteiger partial charge in [-0.15, -0.1) is 0 Å². The molecule has 0 spiro atoms. The summed E-state index contributed by atoms with van der Waals surface area (Å²) >= 11 is 0. The van der Waals surface area contributed by atoms with Gasteiger partial charge in [0.05, 0.1) is 24.8 Å². The van der Waals surface area contributed by atoms with Crippen molar-refractivity contribution >= 4 is 18.2 Å². The van der Waals surface area contributed by atoms with Gasteiger partial charge >= 0.3 is 0 Å². The second-order valence-corrected chi connectivity index (χ2v) is 5.88. The van der Waals surface area contributed by atoms with E-state index in [1.807, 2.05) is 20.8 Å². The van der Waals surface area contributed by atoms with Gasteiger partial charge in [-0.1, -0.05) is 20.8 Å². The summed E-state index contributed by atoms with van der Waals surface area (Å²) in [7, 11) is 0. The quantitative estimate of drug-likeness (QED) is 0.400. The van der Waals surface area contributed by atoms with Crippen molar-refractivity contribution in [2.24, 2.45) is 5.92 Å². The van der Waals surface area contributed by atoms with Crippen molar-refractivity contribution in [3.05, 3.63) is 0 Å². The van der Waals surface area contributed by atoms with E-state index in [-0.39, 0.29) is 35.9 Å². The minimum Gasteiger partial charge on any atom is -0.433 e. The van der Waals surface area contributed by atoms with Crippen LogP contribution in [0.3, 0.4) is 0 Å². The normalized spacial score (nSPS) is 22.9. The molecule has 0 unspecified atom stereocenters. The number of amides is 1. The van der Waals surface area contributed by atoms with Crippen LogP contribution in [-0.4, -0.2) is 49.5 Å². The summed E-state index contributed by atoms with van der Waals surface area (Å²) in [5, 5.41) is 20.5. The Morgan fingerprint density at radius 3 is 2.68 bits per heavy atom. The molecule has 0 radical (unpaired) electrons. The Balaban J connectivity index is 2.37. The van der Waals surface area contributed by atoms with Crippen LogP contribution in [-0.2, 0) is 14.3 Å². The highest BCUT2D eigenvalue weighted by atomic mass is 16.5. The molecular weight excluding hydrogens is 284 g/mol. The standard InChI is InChI=1S/C15H28N4O3/c1-4-18-14(10(2)3)15(20)19-11-5-6-12(21-8-11)7-13(17)22-9-16/h9-12,14,16-18H,4-8H2,1-3H3,(H,19,20)/t11-,12+,14-/m1/s1. The second kappa shape index (κ2) is 9.53. The van der Waals surface area contributed by atoms with Gasteiger partial charge in [-0.05, 0) is 25.3 Å². The first-order valence-electron chi connectivity index (χ1n) is 7.86. The molecule has 3 atom stereocenters. The topological polar surface area (TPSA) is 107 Å². The summed E-state index contributed by atoms with van der Waals surface area (Å²) < 4.78 is 10.4. The number of rotatable bonds is 8. The van der Waals surface area contributed by atoms with E-state index in [0.29, 0.717) is 13.0 Å². The van der Waals surface area contributed by atoms with E-state index >= 15 is 0 Å². The Morgan fingerprint density at radius 2 is 2.18 bits per heavy atom. The molecule has 1 aliphatic rings. The number of nitrogens with one attached hydrogen (secondary N) is 4. The van der Waals surface area contributed by atoms with E-state index in [0.717, 1.165) is 25.8 Å². The molecule has 7 heteroatoms. The molecule has 1 heterocycles. The fraction of sp³-hybridized carbons (Fsp3) is 0.800. The van der Waals surface area contributed by atoms with Crippen molar-refractivity contribution in [3.8, 4) is 0 Å². The lowest BCUT2D eigenvalue weighted by atomic mass is 10.00. The molecule has 0 aliphatic carbocycles. The lowest BCUT2D eigenvalue weighted by molar-refractivity contribution is -0.126. The second-order valence-electron chi connectivity index (χ2n) is 5.88. The largest absolute Gasteiger partial charge is 0.433 e. The Kier molecular flexibility index (Phi) is 8.05. The molecule has 7 nitrogen and oxygen atoms in total. The molecule has 0 bridgehead atoms. The molecule has 4 N–H and O–H groups in total. The van der Waals surface area contributed by atoms with Gasteiger partial charge in [0, 0.05) is 6.42 Å². The number of hydrogen-bond acceptors (Lipinski definition) is 6. The number of likely N-dealkylation sites (N-methyl/N-ethyl adjacent to an activating group) is 1. The van der Waals surface area contributed by atoms with Gasteiger partial charge in [0.15, 0.2) is 12.3 Å². The maximum atomic E-state index is 12.3. The third kappa shape index (κ3) is 6.11. The summed E-state index contributed by atoms with van der Waals surface area (Å²) in [6.07, 6.45) is 2.63. The Bertz CT molecular complexity index is 379. The van der Waals surface area contributed by atoms with Crippen LogP contribution in [0.25, 0.3) is 0 Å². The first-order chi connectivity index (χ1) is 10.5. The number of carbonyl (C=O) groups excluding carboxylic acids is 1. The molecule has 1 saturated heterocycles. The number of carbonyl (C=O) groups is 1. The van der Waals surface area contributed by atoms with Gasteiger partial charge in [-0.3, -0.25) is 15.6 Å². The van der Waals surface area contributed by atoms with Gasteiger partial charge < -0.3 is 20.1 Å². The van der Waals surface area contributed by atoms with Crippen molar-refractivity contribution in [3.63, 3.8) is 0 Å². The van der Waals surface area contributed by atoms with Gasteiger partial charge in [0.2, 0.25) is 5.91 Å². The SMILES string of the molecule is CCN[C@@H](C(=O)N[C@@H]1CC[C@@H](CC(=N)OC=N)OC1)C(C)C. The monoisotopic (exact) mass is 312 g/mol. The molecule has 126 valence electrons. The number of ether oxygens (including phenoxy) is 2. The molecule has 1 rings (SSSR count). The Morgan fingerprint density at radius 1 is 1.45 bits per heavy atom. The zero-order valence-corrected chi connectivity index (χ0v) is 13.6. The smallest absolute Gasteiger partial charge is 0.237 e. The van der Waals surface area contributed by atoms with E-state index in [1.54, 1.807) is 0 Å². The van der Waals surface area contributed by atoms with Crippen molar-refractivity contribution < 1.29 is 14.3 Å². The molecule has 1 fully saturated rings. The molecular formula is C15H28N4O3. The third-order valence-electron chi connectivity index (χ3n) is 3.70.